The largest absolute Gasteiger partial charge is 0.379 e. The van der Waals surface area contributed by atoms with Crippen molar-refractivity contribution < 1.29 is 9.13 Å². The molecule has 1 unspecified atom stereocenters. The molecule has 0 radical (unpaired) electrons. The van der Waals surface area contributed by atoms with Gasteiger partial charge in [0.2, 0.25) is 0 Å². The lowest BCUT2D eigenvalue weighted by atomic mass is 9.71. The molecule has 0 amide bonds. The van der Waals surface area contributed by atoms with Gasteiger partial charge in [-0.25, -0.2) is 4.39 Å². The maximum atomic E-state index is 13.5. The van der Waals surface area contributed by atoms with Crippen molar-refractivity contribution in [3.63, 3.8) is 0 Å². The minimum absolute atomic E-state index is 0.0513. The molecule has 2 aliphatic heterocycles. The smallest absolute Gasteiger partial charge is 0.123 e. The molecule has 2 fully saturated rings. The molecule has 0 bridgehead atoms. The van der Waals surface area contributed by atoms with Crippen LogP contribution in [0.2, 0.25) is 0 Å². The van der Waals surface area contributed by atoms with Gasteiger partial charge in [-0.2, -0.15) is 0 Å². The molecule has 2 aliphatic rings. The molecule has 0 aromatic heterocycles. The highest BCUT2D eigenvalue weighted by molar-refractivity contribution is 5.32. The summed E-state index contributed by atoms with van der Waals surface area (Å²) in [6, 6.07) is 7.35. The number of halogens is 1. The third-order valence-electron chi connectivity index (χ3n) is 4.27. The molecule has 3 nitrogen and oxygen atoms in total. The molecular formula is C14H19FN2O. The van der Waals surface area contributed by atoms with Crippen LogP contribution in [0, 0.1) is 5.82 Å². The van der Waals surface area contributed by atoms with E-state index in [1.165, 1.54) is 6.07 Å². The Balaban J connectivity index is 1.94. The fourth-order valence-corrected chi connectivity index (χ4v) is 3.09. The Kier molecular flexibility index (Phi) is 3.09. The molecule has 0 saturated carbocycles. The summed E-state index contributed by atoms with van der Waals surface area (Å²) >= 11 is 0. The zero-order chi connectivity index (χ0) is 12.6. The van der Waals surface area contributed by atoms with Crippen LogP contribution in [0.25, 0.3) is 0 Å². The molecule has 1 atom stereocenters. The normalized spacial score (nSPS) is 27.8. The summed E-state index contributed by atoms with van der Waals surface area (Å²) in [5.74, 6) is -0.162. The molecule has 18 heavy (non-hydrogen) atoms. The zero-order valence-electron chi connectivity index (χ0n) is 10.7. The number of rotatable bonds is 2. The Morgan fingerprint density at radius 2 is 2.28 bits per heavy atom. The Hall–Kier alpha value is -0.970. The van der Waals surface area contributed by atoms with Crippen LogP contribution in [-0.4, -0.2) is 50.8 Å². The van der Waals surface area contributed by atoms with Gasteiger partial charge in [0.05, 0.1) is 18.6 Å². The highest BCUT2D eigenvalue weighted by atomic mass is 19.1. The average Bonchev–Trinajstić information content (AvgIpc) is 2.30. The Morgan fingerprint density at radius 3 is 2.89 bits per heavy atom. The van der Waals surface area contributed by atoms with Gasteiger partial charge in [-0.3, -0.25) is 4.90 Å². The highest BCUT2D eigenvalue weighted by Gasteiger charge is 2.49. The van der Waals surface area contributed by atoms with E-state index in [0.717, 1.165) is 25.2 Å². The molecule has 0 aliphatic carbocycles. The average molecular weight is 250 g/mol. The van der Waals surface area contributed by atoms with Gasteiger partial charge >= 0.3 is 0 Å². The third-order valence-corrected chi connectivity index (χ3v) is 4.27. The lowest BCUT2D eigenvalue weighted by molar-refractivity contribution is -0.103. The third kappa shape index (κ3) is 1.85. The first-order valence-corrected chi connectivity index (χ1v) is 6.47. The van der Waals surface area contributed by atoms with E-state index in [4.69, 9.17) is 4.74 Å². The van der Waals surface area contributed by atoms with Crippen molar-refractivity contribution in [2.45, 2.75) is 11.5 Å². The number of hydrogen-bond acceptors (Lipinski definition) is 3. The van der Waals surface area contributed by atoms with Crippen LogP contribution in [0.1, 0.15) is 5.56 Å². The van der Waals surface area contributed by atoms with E-state index < -0.39 is 0 Å². The molecule has 2 heterocycles. The minimum Gasteiger partial charge on any atom is -0.379 e. The van der Waals surface area contributed by atoms with Gasteiger partial charge in [0.15, 0.2) is 0 Å². The molecule has 1 aromatic rings. The SMILES string of the molecule is CN1CCNCC1C1(c2cccc(F)c2)COC1. The monoisotopic (exact) mass is 250 g/mol. The van der Waals surface area contributed by atoms with E-state index in [0.29, 0.717) is 19.3 Å². The van der Waals surface area contributed by atoms with Crippen molar-refractivity contribution in [3.05, 3.63) is 35.6 Å². The van der Waals surface area contributed by atoms with E-state index in [2.05, 4.69) is 17.3 Å². The second-order valence-electron chi connectivity index (χ2n) is 5.36. The Bertz CT molecular complexity index is 434. The number of ether oxygens (including phenoxy) is 1. The lowest BCUT2D eigenvalue weighted by Crippen LogP contribution is -2.66. The number of nitrogens with zero attached hydrogens (tertiary/aromatic N) is 1. The number of benzene rings is 1. The van der Waals surface area contributed by atoms with Gasteiger partial charge < -0.3 is 10.1 Å². The summed E-state index contributed by atoms with van der Waals surface area (Å²) in [6.07, 6.45) is 0. The predicted molar refractivity (Wildman–Crippen MR) is 68.2 cm³/mol. The van der Waals surface area contributed by atoms with Crippen molar-refractivity contribution in [1.29, 1.82) is 0 Å². The highest BCUT2D eigenvalue weighted by Crippen LogP contribution is 2.38. The van der Waals surface area contributed by atoms with Gasteiger partial charge in [-0.15, -0.1) is 0 Å². The molecule has 1 aromatic carbocycles. The van der Waals surface area contributed by atoms with E-state index in [-0.39, 0.29) is 11.2 Å². The predicted octanol–water partition coefficient (Wildman–Crippen LogP) is 0.997. The van der Waals surface area contributed by atoms with Gasteiger partial charge in [0, 0.05) is 25.7 Å². The molecule has 2 saturated heterocycles. The summed E-state index contributed by atoms with van der Waals surface area (Å²) in [6.45, 7) is 4.37. The minimum atomic E-state index is -0.162. The molecule has 4 heteroatoms. The molecule has 3 rings (SSSR count). The first-order valence-electron chi connectivity index (χ1n) is 6.47. The van der Waals surface area contributed by atoms with E-state index in [1.54, 1.807) is 12.1 Å². The van der Waals surface area contributed by atoms with Crippen LogP contribution in [0.15, 0.2) is 24.3 Å². The molecule has 0 spiro atoms. The van der Waals surface area contributed by atoms with Crippen LogP contribution in [0.5, 0.6) is 0 Å². The van der Waals surface area contributed by atoms with E-state index in [9.17, 15) is 4.39 Å². The van der Waals surface area contributed by atoms with Gasteiger partial charge in [-0.1, -0.05) is 12.1 Å². The van der Waals surface area contributed by atoms with Crippen molar-refractivity contribution >= 4 is 0 Å². The standard InChI is InChI=1S/C14H19FN2O/c1-17-6-5-16-8-13(17)14(9-18-10-14)11-3-2-4-12(15)7-11/h2-4,7,13,16H,5-6,8-10H2,1H3. The number of hydrogen-bond donors (Lipinski definition) is 1. The maximum absolute atomic E-state index is 13.5. The second-order valence-corrected chi connectivity index (χ2v) is 5.36. The first-order chi connectivity index (χ1) is 8.72. The Morgan fingerprint density at radius 1 is 1.44 bits per heavy atom. The van der Waals surface area contributed by atoms with Crippen LogP contribution in [0.3, 0.4) is 0 Å². The number of nitrogens with one attached hydrogen (secondary N) is 1. The van der Waals surface area contributed by atoms with Gasteiger partial charge in [-0.05, 0) is 24.7 Å². The topological polar surface area (TPSA) is 24.5 Å². The second kappa shape index (κ2) is 4.61. The number of piperazine rings is 1. The van der Waals surface area contributed by atoms with Crippen LogP contribution in [0.4, 0.5) is 4.39 Å². The van der Waals surface area contributed by atoms with Gasteiger partial charge in [0.25, 0.3) is 0 Å². The Labute approximate surface area is 107 Å². The summed E-state index contributed by atoms with van der Waals surface area (Å²) in [7, 11) is 2.14. The quantitative estimate of drug-likeness (QED) is 0.847. The van der Waals surface area contributed by atoms with Crippen molar-refractivity contribution in [1.82, 2.24) is 10.2 Å². The first kappa shape index (κ1) is 12.1. The zero-order valence-corrected chi connectivity index (χ0v) is 10.7. The van der Waals surface area contributed by atoms with Crippen LogP contribution < -0.4 is 5.32 Å². The lowest BCUT2D eigenvalue weighted by Gasteiger charge is -2.52. The molecular weight excluding hydrogens is 231 g/mol. The van der Waals surface area contributed by atoms with E-state index >= 15 is 0 Å². The van der Waals surface area contributed by atoms with Crippen LogP contribution >= 0.6 is 0 Å². The summed E-state index contributed by atoms with van der Waals surface area (Å²) in [5.41, 5.74) is 1.01. The maximum Gasteiger partial charge on any atom is 0.123 e. The van der Waals surface area contributed by atoms with Crippen molar-refractivity contribution in [2.24, 2.45) is 0 Å². The summed E-state index contributed by atoms with van der Waals surface area (Å²) in [4.78, 5) is 2.37. The molecule has 1 N–H and O–H groups in total. The van der Waals surface area contributed by atoms with Crippen molar-refractivity contribution in [2.75, 3.05) is 39.9 Å². The van der Waals surface area contributed by atoms with Crippen molar-refractivity contribution in [3.8, 4) is 0 Å². The van der Waals surface area contributed by atoms with Gasteiger partial charge in [0.1, 0.15) is 5.82 Å². The summed E-state index contributed by atoms with van der Waals surface area (Å²) in [5, 5.41) is 3.43. The van der Waals surface area contributed by atoms with E-state index in [1.807, 2.05) is 6.07 Å². The summed E-state index contributed by atoms with van der Waals surface area (Å²) < 4.78 is 18.9. The fourth-order valence-electron chi connectivity index (χ4n) is 3.09. The molecule has 98 valence electrons. The van der Waals surface area contributed by atoms with Crippen LogP contribution in [-0.2, 0) is 10.2 Å². The number of likely N-dealkylation sites (N-methyl/N-ethyl adjacent to an activating group) is 1. The fraction of sp³-hybridized carbons (Fsp3) is 0.571.